The largest absolute Gasteiger partial charge is 0.354 e. The van der Waals surface area contributed by atoms with Crippen LogP contribution in [0.1, 0.15) is 134 Å². The molecule has 1 aliphatic carbocycles. The molecule has 4 heteroatoms. The van der Waals surface area contributed by atoms with Crippen LogP contribution in [0.4, 0.5) is 11.4 Å². The molecule has 0 spiro atoms. The number of hydrogen-bond donors (Lipinski definition) is 0. The average molecular weight is 683 g/mol. The van der Waals surface area contributed by atoms with Crippen LogP contribution < -0.4 is 9.80 Å². The maximum Gasteiger partial charge on any atom is 0.169 e. The third kappa shape index (κ3) is 6.48. The predicted octanol–water partition coefficient (Wildman–Crippen LogP) is 12.0. The van der Waals surface area contributed by atoms with Crippen LogP contribution in [0.3, 0.4) is 0 Å². The van der Waals surface area contributed by atoms with E-state index in [-0.39, 0.29) is 10.8 Å². The molecule has 2 aromatic rings. The number of benzene rings is 2. The zero-order chi connectivity index (χ0) is 35.7. The highest BCUT2D eigenvalue weighted by Crippen LogP contribution is 2.54. The summed E-state index contributed by atoms with van der Waals surface area (Å²) in [5.41, 5.74) is 14.2. The van der Waals surface area contributed by atoms with E-state index in [1.807, 2.05) is 7.11 Å². The van der Waals surface area contributed by atoms with E-state index in [0.717, 1.165) is 62.8 Å². The molecule has 0 aromatic heterocycles. The lowest BCUT2D eigenvalue weighted by molar-refractivity contribution is -0.0128. The fourth-order valence-electron chi connectivity index (χ4n) is 9.10. The second-order valence-electron chi connectivity index (χ2n) is 15.8. The molecule has 0 fully saturated rings. The Hall–Kier alpha value is -2.75. The maximum absolute atomic E-state index is 7.29. The summed E-state index contributed by atoms with van der Waals surface area (Å²) in [6, 6.07) is 9.89. The third-order valence-corrected chi connectivity index (χ3v) is 12.4. The van der Waals surface area contributed by atoms with Crippen molar-refractivity contribution < 1.29 is 4.74 Å². The van der Waals surface area contributed by atoms with Gasteiger partial charge >= 0.3 is 0 Å². The molecule has 0 saturated carbocycles. The monoisotopic (exact) mass is 682 g/mol. The first-order chi connectivity index (χ1) is 23.3. The van der Waals surface area contributed by atoms with Crippen molar-refractivity contribution in [3.63, 3.8) is 0 Å². The Kier molecular flexibility index (Phi) is 11.4. The minimum absolute atomic E-state index is 0.0750. The molecule has 2 aliphatic heterocycles. The number of likely N-dealkylation sites (N-methyl/N-ethyl adjacent to an activating group) is 2. The Morgan fingerprint density at radius 2 is 1.27 bits per heavy atom. The van der Waals surface area contributed by atoms with Crippen molar-refractivity contribution in [3.8, 4) is 0 Å². The number of methoxy groups -OCH3 is 1. The number of rotatable bonds is 12. The van der Waals surface area contributed by atoms with Crippen LogP contribution >= 0.6 is 11.6 Å². The Balaban J connectivity index is 1.49. The van der Waals surface area contributed by atoms with Gasteiger partial charge in [0.2, 0.25) is 0 Å². The zero-order valence-electron chi connectivity index (χ0n) is 32.6. The van der Waals surface area contributed by atoms with Gasteiger partial charge in [0.15, 0.2) is 5.72 Å². The highest BCUT2D eigenvalue weighted by atomic mass is 35.5. The molecule has 1 atom stereocenters. The summed E-state index contributed by atoms with van der Waals surface area (Å²) in [4.78, 5) is 4.78. The lowest BCUT2D eigenvalue weighted by atomic mass is 9.76. The van der Waals surface area contributed by atoms with E-state index in [1.54, 1.807) is 0 Å². The van der Waals surface area contributed by atoms with Gasteiger partial charge in [-0.2, -0.15) is 0 Å². The molecule has 0 saturated heterocycles. The second kappa shape index (κ2) is 14.8. The van der Waals surface area contributed by atoms with Crippen molar-refractivity contribution in [1.29, 1.82) is 0 Å². The fourth-order valence-corrected chi connectivity index (χ4v) is 9.41. The average Bonchev–Trinajstić information content (AvgIpc) is 3.35. The van der Waals surface area contributed by atoms with E-state index in [1.165, 1.54) is 74.4 Å². The van der Waals surface area contributed by atoms with Crippen molar-refractivity contribution in [2.75, 3.05) is 31.0 Å². The minimum Gasteiger partial charge on any atom is -0.354 e. The van der Waals surface area contributed by atoms with Gasteiger partial charge in [0.05, 0.1) is 0 Å². The Morgan fingerprint density at radius 3 is 1.82 bits per heavy atom. The van der Waals surface area contributed by atoms with Gasteiger partial charge in [-0.3, -0.25) is 0 Å². The molecule has 266 valence electrons. The van der Waals surface area contributed by atoms with Crippen molar-refractivity contribution in [3.05, 3.63) is 104 Å². The molecule has 3 nitrogen and oxygen atoms in total. The standard InChI is InChI=1S/C45H63ClN2O/c1-12-17-33-27-37-39(29-35(33)19-14-3)47(9)41(43(37,5)6)24-23-31-21-16-22-32(42(31)46)25-26-45(49-11)44(7,8)38-28-34(18-13-2)36(20-15-4)30-40(38)48(45)10/h23-30H,12-22H2,1-11H3/b26-25+,31-23+,41-24-. The molecule has 2 aromatic carbocycles. The van der Waals surface area contributed by atoms with Gasteiger partial charge in [0, 0.05) is 54.1 Å². The molecule has 0 radical (unpaired) electrons. The highest BCUT2D eigenvalue weighted by molar-refractivity contribution is 6.32. The summed E-state index contributed by atoms with van der Waals surface area (Å²) < 4.78 is 6.53. The summed E-state index contributed by atoms with van der Waals surface area (Å²) in [6.07, 6.45) is 21.4. The quantitative estimate of drug-likeness (QED) is 0.222. The van der Waals surface area contributed by atoms with Crippen molar-refractivity contribution in [1.82, 2.24) is 0 Å². The van der Waals surface area contributed by atoms with Crippen LogP contribution in [0.15, 0.2) is 70.4 Å². The first-order valence-electron chi connectivity index (χ1n) is 19.2. The number of allylic oxidation sites excluding steroid dienone is 7. The van der Waals surface area contributed by atoms with Gasteiger partial charge in [-0.1, -0.05) is 117 Å². The van der Waals surface area contributed by atoms with E-state index in [4.69, 9.17) is 16.3 Å². The number of halogens is 1. The SMILES string of the molecule is CCCc1cc2c(cc1CCC)C(C)(C)/C(=C/C=C1\CCCC(/C=C/C3(OC)N(C)c4cc(CCC)c(CCC)cc4C3(C)C)=C1Cl)N2C. The Bertz CT molecular complexity index is 1670. The Morgan fingerprint density at radius 1 is 0.735 bits per heavy atom. The molecule has 0 amide bonds. The van der Waals surface area contributed by atoms with E-state index >= 15 is 0 Å². The number of ether oxygens (including phenoxy) is 1. The molecule has 2 heterocycles. The van der Waals surface area contributed by atoms with Crippen LogP contribution in [0.25, 0.3) is 0 Å². The van der Waals surface area contributed by atoms with Gasteiger partial charge in [-0.25, -0.2) is 0 Å². The van der Waals surface area contributed by atoms with E-state index in [9.17, 15) is 0 Å². The summed E-state index contributed by atoms with van der Waals surface area (Å²) in [5.74, 6) is 0. The molecule has 3 aliphatic rings. The van der Waals surface area contributed by atoms with Crippen LogP contribution in [0.5, 0.6) is 0 Å². The first-order valence-corrected chi connectivity index (χ1v) is 19.5. The minimum atomic E-state index is -0.618. The summed E-state index contributed by atoms with van der Waals surface area (Å²) in [6.45, 7) is 18.5. The number of nitrogens with zero attached hydrogens (tertiary/aromatic N) is 2. The van der Waals surface area contributed by atoms with Crippen LogP contribution in [-0.2, 0) is 41.3 Å². The first kappa shape index (κ1) is 37.5. The summed E-state index contributed by atoms with van der Waals surface area (Å²) >= 11 is 7.29. The van der Waals surface area contributed by atoms with E-state index in [2.05, 4.69) is 128 Å². The zero-order valence-corrected chi connectivity index (χ0v) is 33.3. The molecule has 5 rings (SSSR count). The van der Waals surface area contributed by atoms with Crippen molar-refractivity contribution >= 4 is 23.0 Å². The van der Waals surface area contributed by atoms with Gasteiger partial charge in [-0.05, 0) is 114 Å². The Labute approximate surface area is 304 Å². The number of hydrogen-bond acceptors (Lipinski definition) is 3. The van der Waals surface area contributed by atoms with Crippen LogP contribution in [0.2, 0.25) is 0 Å². The summed E-state index contributed by atoms with van der Waals surface area (Å²) in [5, 5.41) is 0.892. The highest BCUT2D eigenvalue weighted by Gasteiger charge is 2.55. The maximum atomic E-state index is 7.29. The second-order valence-corrected chi connectivity index (χ2v) is 16.2. The summed E-state index contributed by atoms with van der Waals surface area (Å²) in [7, 11) is 6.29. The van der Waals surface area contributed by atoms with Gasteiger partial charge < -0.3 is 14.5 Å². The van der Waals surface area contributed by atoms with Gasteiger partial charge in [-0.15, -0.1) is 0 Å². The number of anilines is 2. The number of aryl methyl sites for hydroxylation is 4. The lowest BCUT2D eigenvalue weighted by Gasteiger charge is -2.43. The van der Waals surface area contributed by atoms with Crippen LogP contribution in [0, 0.1) is 0 Å². The molecular formula is C45H63ClN2O. The lowest BCUT2D eigenvalue weighted by Crippen LogP contribution is -2.54. The smallest absolute Gasteiger partial charge is 0.169 e. The number of fused-ring (bicyclic) bond motifs is 2. The third-order valence-electron chi connectivity index (χ3n) is 11.9. The molecular weight excluding hydrogens is 620 g/mol. The molecule has 0 N–H and O–H groups in total. The van der Waals surface area contributed by atoms with E-state index in [0.29, 0.717) is 0 Å². The normalized spacial score (nSPS) is 23.0. The van der Waals surface area contributed by atoms with E-state index < -0.39 is 5.72 Å². The van der Waals surface area contributed by atoms with Gasteiger partial charge in [0.1, 0.15) is 0 Å². The van der Waals surface area contributed by atoms with Crippen molar-refractivity contribution in [2.24, 2.45) is 0 Å². The fraction of sp³-hybridized carbons (Fsp3) is 0.556. The van der Waals surface area contributed by atoms with Gasteiger partial charge in [0.25, 0.3) is 0 Å². The topological polar surface area (TPSA) is 15.7 Å². The predicted molar refractivity (Wildman–Crippen MR) is 213 cm³/mol. The van der Waals surface area contributed by atoms with Crippen LogP contribution in [-0.4, -0.2) is 26.9 Å². The molecule has 1 unspecified atom stereocenters. The molecule has 0 bridgehead atoms. The molecule has 49 heavy (non-hydrogen) atoms. The van der Waals surface area contributed by atoms with Crippen molar-refractivity contribution in [2.45, 2.75) is 143 Å².